The summed E-state index contributed by atoms with van der Waals surface area (Å²) < 4.78 is 1.06. The fourth-order valence-electron chi connectivity index (χ4n) is 4.86. The fourth-order valence-corrected chi connectivity index (χ4v) is 5.12. The van der Waals surface area contributed by atoms with E-state index >= 15 is 0 Å². The number of benzene rings is 1. The molecule has 1 aromatic rings. The van der Waals surface area contributed by atoms with Gasteiger partial charge in [-0.2, -0.15) is 0 Å². The van der Waals surface area contributed by atoms with Gasteiger partial charge in [-0.05, 0) is 68.1 Å². The molecule has 23 heavy (non-hydrogen) atoms. The maximum absolute atomic E-state index is 13.0. The van der Waals surface area contributed by atoms with Gasteiger partial charge in [0.25, 0.3) is 0 Å². The molecule has 3 aliphatic rings. The van der Waals surface area contributed by atoms with Crippen LogP contribution in [0, 0.1) is 11.8 Å². The highest BCUT2D eigenvalue weighted by Gasteiger charge is 2.52. The molecule has 0 saturated heterocycles. The molecule has 4 rings (SSSR count). The molecular weight excluding hydrogens is 352 g/mol. The minimum atomic E-state index is -0.269. The number of fused-ring (bicyclic) bond motifs is 2. The first-order chi connectivity index (χ1) is 11.1. The molecule has 0 radical (unpaired) electrons. The van der Waals surface area contributed by atoms with Gasteiger partial charge >= 0.3 is 0 Å². The van der Waals surface area contributed by atoms with Crippen molar-refractivity contribution in [1.29, 1.82) is 0 Å². The number of amides is 1. The highest BCUT2D eigenvalue weighted by molar-refractivity contribution is 9.10. The molecule has 0 heterocycles. The minimum Gasteiger partial charge on any atom is -0.352 e. The lowest BCUT2D eigenvalue weighted by Gasteiger charge is -2.45. The molecular formula is C19H25BrN2O. The van der Waals surface area contributed by atoms with Crippen LogP contribution in [0.25, 0.3) is 0 Å². The molecule has 3 aliphatic carbocycles. The van der Waals surface area contributed by atoms with Crippen LogP contribution in [0.15, 0.2) is 28.7 Å². The Morgan fingerprint density at radius 1 is 1.13 bits per heavy atom. The number of hydrogen-bond acceptors (Lipinski definition) is 2. The summed E-state index contributed by atoms with van der Waals surface area (Å²) in [5.41, 5.74) is 7.10. The van der Waals surface area contributed by atoms with Gasteiger partial charge in [-0.25, -0.2) is 0 Å². The zero-order valence-electron chi connectivity index (χ0n) is 13.4. The van der Waals surface area contributed by atoms with Gasteiger partial charge in [-0.15, -0.1) is 0 Å². The van der Waals surface area contributed by atoms with Crippen molar-refractivity contribution in [2.24, 2.45) is 17.6 Å². The maximum atomic E-state index is 13.0. The van der Waals surface area contributed by atoms with Gasteiger partial charge in [0, 0.05) is 16.6 Å². The molecule has 4 heteroatoms. The highest BCUT2D eigenvalue weighted by atomic mass is 79.9. The van der Waals surface area contributed by atoms with Crippen LogP contribution in [-0.4, -0.2) is 18.0 Å². The summed E-state index contributed by atoms with van der Waals surface area (Å²) in [4.78, 5) is 13.0. The molecule has 0 spiro atoms. The third-order valence-electron chi connectivity index (χ3n) is 6.26. The number of halogens is 1. The van der Waals surface area contributed by atoms with E-state index in [0.29, 0.717) is 23.9 Å². The van der Waals surface area contributed by atoms with Gasteiger partial charge in [0.2, 0.25) is 5.91 Å². The summed E-state index contributed by atoms with van der Waals surface area (Å²) in [6, 6.07) is 8.94. The van der Waals surface area contributed by atoms with Crippen LogP contribution in [0.3, 0.4) is 0 Å². The minimum absolute atomic E-state index is 0.247. The Hall–Kier alpha value is -0.870. The second-order valence-corrected chi connectivity index (χ2v) is 8.69. The Labute approximate surface area is 146 Å². The number of carbonyl (C=O) groups excluding carboxylic acids is 1. The van der Waals surface area contributed by atoms with E-state index in [4.69, 9.17) is 5.73 Å². The SMILES string of the molecule is NC1CC2CCCC(C1)C2NC(=O)C1(c2ccc(Br)cc2)CC1. The fraction of sp³-hybridized carbons (Fsp3) is 0.632. The second-order valence-electron chi connectivity index (χ2n) is 7.77. The van der Waals surface area contributed by atoms with E-state index in [9.17, 15) is 4.79 Å². The third kappa shape index (κ3) is 2.85. The first-order valence-electron chi connectivity index (χ1n) is 8.91. The van der Waals surface area contributed by atoms with E-state index in [-0.39, 0.29) is 11.3 Å². The smallest absolute Gasteiger partial charge is 0.230 e. The zero-order valence-corrected chi connectivity index (χ0v) is 15.0. The monoisotopic (exact) mass is 376 g/mol. The molecule has 3 N–H and O–H groups in total. The molecule has 124 valence electrons. The molecule has 3 nitrogen and oxygen atoms in total. The number of rotatable bonds is 3. The van der Waals surface area contributed by atoms with Crippen molar-refractivity contribution in [2.75, 3.05) is 0 Å². The van der Waals surface area contributed by atoms with Crippen molar-refractivity contribution in [3.8, 4) is 0 Å². The molecule has 2 unspecified atom stereocenters. The van der Waals surface area contributed by atoms with Crippen LogP contribution in [0.2, 0.25) is 0 Å². The number of carbonyl (C=O) groups is 1. The lowest BCUT2D eigenvalue weighted by molar-refractivity contribution is -0.126. The summed E-state index contributed by atoms with van der Waals surface area (Å²) in [7, 11) is 0. The average molecular weight is 377 g/mol. The second kappa shape index (κ2) is 5.89. The lowest BCUT2D eigenvalue weighted by Crippen LogP contribution is -2.55. The summed E-state index contributed by atoms with van der Waals surface area (Å²) in [5, 5.41) is 3.45. The number of hydrogen-bond donors (Lipinski definition) is 2. The third-order valence-corrected chi connectivity index (χ3v) is 6.78. The Morgan fingerprint density at radius 3 is 2.30 bits per heavy atom. The molecule has 2 bridgehead atoms. The topological polar surface area (TPSA) is 55.1 Å². The standard InChI is InChI=1S/C19H25BrN2O/c20-15-6-4-14(5-7-15)19(8-9-19)18(23)22-17-12-2-1-3-13(17)11-16(21)10-12/h4-7,12-13,16-17H,1-3,8-11,21H2,(H,22,23). The number of nitrogens with two attached hydrogens (primary N) is 1. The van der Waals surface area contributed by atoms with E-state index in [1.165, 1.54) is 19.3 Å². The van der Waals surface area contributed by atoms with E-state index in [1.807, 2.05) is 12.1 Å². The largest absolute Gasteiger partial charge is 0.352 e. The summed E-state index contributed by atoms with van der Waals surface area (Å²) in [6.07, 6.45) is 7.84. The zero-order chi connectivity index (χ0) is 16.0. The maximum Gasteiger partial charge on any atom is 0.230 e. The quantitative estimate of drug-likeness (QED) is 0.847. The van der Waals surface area contributed by atoms with Gasteiger partial charge in [-0.3, -0.25) is 4.79 Å². The lowest BCUT2D eigenvalue weighted by atomic mass is 9.67. The van der Waals surface area contributed by atoms with E-state index in [2.05, 4.69) is 33.4 Å². The van der Waals surface area contributed by atoms with E-state index in [1.54, 1.807) is 0 Å². The van der Waals surface area contributed by atoms with Crippen molar-refractivity contribution in [2.45, 2.75) is 62.4 Å². The van der Waals surface area contributed by atoms with Crippen molar-refractivity contribution in [3.05, 3.63) is 34.3 Å². The predicted molar refractivity (Wildman–Crippen MR) is 95.0 cm³/mol. The molecule has 3 fully saturated rings. The van der Waals surface area contributed by atoms with Crippen LogP contribution in [-0.2, 0) is 10.2 Å². The van der Waals surface area contributed by atoms with Crippen molar-refractivity contribution >= 4 is 21.8 Å². The Kier molecular flexibility index (Phi) is 4.01. The van der Waals surface area contributed by atoms with Gasteiger partial charge in [-0.1, -0.05) is 34.5 Å². The summed E-state index contributed by atoms with van der Waals surface area (Å²) in [6.45, 7) is 0. The van der Waals surface area contributed by atoms with Gasteiger partial charge in [0.05, 0.1) is 5.41 Å². The average Bonchev–Trinajstić information content (AvgIpc) is 3.30. The number of nitrogens with one attached hydrogen (secondary N) is 1. The first kappa shape index (κ1) is 15.6. The van der Waals surface area contributed by atoms with E-state index in [0.717, 1.165) is 35.7 Å². The molecule has 2 atom stereocenters. The van der Waals surface area contributed by atoms with Crippen molar-refractivity contribution in [1.82, 2.24) is 5.32 Å². The van der Waals surface area contributed by atoms with Crippen molar-refractivity contribution in [3.63, 3.8) is 0 Å². The normalized spacial score (nSPS) is 34.7. The molecule has 0 aliphatic heterocycles. The summed E-state index contributed by atoms with van der Waals surface area (Å²) in [5.74, 6) is 1.42. The van der Waals surface area contributed by atoms with Gasteiger partial charge in [0.15, 0.2) is 0 Å². The van der Waals surface area contributed by atoms with Crippen LogP contribution in [0.1, 0.15) is 50.5 Å². The van der Waals surface area contributed by atoms with Crippen molar-refractivity contribution < 1.29 is 4.79 Å². The van der Waals surface area contributed by atoms with Crippen LogP contribution < -0.4 is 11.1 Å². The molecule has 0 aromatic heterocycles. The van der Waals surface area contributed by atoms with E-state index < -0.39 is 0 Å². The Morgan fingerprint density at radius 2 is 1.74 bits per heavy atom. The van der Waals surface area contributed by atoms with Gasteiger partial charge < -0.3 is 11.1 Å². The van der Waals surface area contributed by atoms with Crippen LogP contribution >= 0.6 is 15.9 Å². The van der Waals surface area contributed by atoms with Crippen LogP contribution in [0.4, 0.5) is 0 Å². The molecule has 3 saturated carbocycles. The van der Waals surface area contributed by atoms with Crippen LogP contribution in [0.5, 0.6) is 0 Å². The highest BCUT2D eigenvalue weighted by Crippen LogP contribution is 2.49. The Bertz CT molecular complexity index is 582. The van der Waals surface area contributed by atoms with Gasteiger partial charge in [0.1, 0.15) is 0 Å². The first-order valence-corrected chi connectivity index (χ1v) is 9.70. The molecule has 1 amide bonds. The molecule has 1 aromatic carbocycles. The predicted octanol–water partition coefficient (Wildman–Crippen LogP) is 3.50. The summed E-state index contributed by atoms with van der Waals surface area (Å²) >= 11 is 3.48. The Balaban J connectivity index is 1.50.